The molecule has 0 heterocycles. The Balaban J connectivity index is 2.89. The maximum atomic E-state index is 12.5. The second-order valence-electron chi connectivity index (χ2n) is 3.15. The first-order valence-electron chi connectivity index (χ1n) is 4.36. The highest BCUT2D eigenvalue weighted by atomic mass is 19.3. The van der Waals surface area contributed by atoms with E-state index in [4.69, 9.17) is 10.8 Å². The minimum Gasteiger partial charge on any atom is -0.480 e. The van der Waals surface area contributed by atoms with Crippen molar-refractivity contribution < 1.29 is 18.7 Å². The molecule has 0 bridgehead atoms. The van der Waals surface area contributed by atoms with Gasteiger partial charge in [0.2, 0.25) is 0 Å². The lowest BCUT2D eigenvalue weighted by atomic mass is 10.0. The molecule has 0 spiro atoms. The molecule has 0 saturated carbocycles. The third-order valence-corrected chi connectivity index (χ3v) is 2.05. The van der Waals surface area contributed by atoms with Gasteiger partial charge in [-0.3, -0.25) is 4.79 Å². The fraction of sp³-hybridized carbons (Fsp3) is 0.300. The minimum atomic E-state index is -2.61. The van der Waals surface area contributed by atoms with Crippen LogP contribution in [-0.4, -0.2) is 17.1 Å². The Morgan fingerprint density at radius 1 is 1.40 bits per heavy atom. The van der Waals surface area contributed by atoms with Crippen molar-refractivity contribution in [2.75, 3.05) is 0 Å². The topological polar surface area (TPSA) is 63.3 Å². The summed E-state index contributed by atoms with van der Waals surface area (Å²) in [5, 5.41) is 8.56. The highest BCUT2D eigenvalue weighted by Gasteiger charge is 2.17. The van der Waals surface area contributed by atoms with Crippen molar-refractivity contribution in [3.05, 3.63) is 35.4 Å². The van der Waals surface area contributed by atoms with Crippen molar-refractivity contribution in [1.82, 2.24) is 0 Å². The monoisotopic (exact) mass is 215 g/mol. The van der Waals surface area contributed by atoms with E-state index in [0.29, 0.717) is 0 Å². The van der Waals surface area contributed by atoms with Crippen molar-refractivity contribution in [3.8, 4) is 0 Å². The summed E-state index contributed by atoms with van der Waals surface area (Å²) in [5.74, 6) is -1.20. The van der Waals surface area contributed by atoms with Gasteiger partial charge >= 0.3 is 5.97 Å². The van der Waals surface area contributed by atoms with E-state index in [0.717, 1.165) is 0 Å². The number of hydrogen-bond donors (Lipinski definition) is 2. The molecular formula is C10H11F2NO2. The van der Waals surface area contributed by atoms with Gasteiger partial charge in [0.1, 0.15) is 6.04 Å². The molecule has 3 nitrogen and oxygen atoms in total. The standard InChI is InChI=1S/C10H11F2NO2/c11-9(12)7-4-2-1-3-6(7)5-8(13)10(14)15/h1-4,8-9H,5,13H2,(H,14,15)/t8-/m0/s1. The van der Waals surface area contributed by atoms with Crippen LogP contribution in [0, 0.1) is 0 Å². The van der Waals surface area contributed by atoms with Crippen LogP contribution in [-0.2, 0) is 11.2 Å². The number of hydrogen-bond acceptors (Lipinski definition) is 2. The summed E-state index contributed by atoms with van der Waals surface area (Å²) in [6.07, 6.45) is -2.70. The molecule has 1 atom stereocenters. The van der Waals surface area contributed by atoms with E-state index in [2.05, 4.69) is 0 Å². The number of carboxylic acids is 1. The van der Waals surface area contributed by atoms with Gasteiger partial charge in [-0.1, -0.05) is 24.3 Å². The van der Waals surface area contributed by atoms with Gasteiger partial charge in [-0.05, 0) is 12.0 Å². The molecule has 5 heteroatoms. The van der Waals surface area contributed by atoms with E-state index in [1.165, 1.54) is 18.2 Å². The van der Waals surface area contributed by atoms with Gasteiger partial charge in [-0.15, -0.1) is 0 Å². The Morgan fingerprint density at radius 2 is 2.00 bits per heavy atom. The van der Waals surface area contributed by atoms with Crippen LogP contribution in [0.15, 0.2) is 24.3 Å². The fourth-order valence-corrected chi connectivity index (χ4v) is 1.26. The molecule has 82 valence electrons. The summed E-state index contributed by atoms with van der Waals surface area (Å²) in [6, 6.07) is 4.65. The van der Waals surface area contributed by atoms with Crippen molar-refractivity contribution in [1.29, 1.82) is 0 Å². The largest absolute Gasteiger partial charge is 0.480 e. The first-order chi connectivity index (χ1) is 7.02. The van der Waals surface area contributed by atoms with Crippen LogP contribution in [0.2, 0.25) is 0 Å². The molecule has 15 heavy (non-hydrogen) atoms. The smallest absolute Gasteiger partial charge is 0.320 e. The number of carbonyl (C=O) groups is 1. The van der Waals surface area contributed by atoms with Crippen LogP contribution in [0.5, 0.6) is 0 Å². The highest BCUT2D eigenvalue weighted by molar-refractivity contribution is 5.73. The molecule has 1 aromatic carbocycles. The second kappa shape index (κ2) is 4.84. The SMILES string of the molecule is N[C@@H](Cc1ccccc1C(F)F)C(=O)O. The lowest BCUT2D eigenvalue weighted by molar-refractivity contribution is -0.138. The third kappa shape index (κ3) is 2.99. The Labute approximate surface area is 85.5 Å². The lowest BCUT2D eigenvalue weighted by Gasteiger charge is -2.10. The predicted molar refractivity (Wildman–Crippen MR) is 50.7 cm³/mol. The zero-order valence-corrected chi connectivity index (χ0v) is 7.86. The van der Waals surface area contributed by atoms with Crippen LogP contribution in [0.4, 0.5) is 8.78 Å². The van der Waals surface area contributed by atoms with Gasteiger partial charge in [-0.2, -0.15) is 0 Å². The number of benzene rings is 1. The molecule has 0 amide bonds. The van der Waals surface area contributed by atoms with Gasteiger partial charge in [0.15, 0.2) is 0 Å². The number of alkyl halides is 2. The molecule has 0 radical (unpaired) electrons. The van der Waals surface area contributed by atoms with E-state index in [9.17, 15) is 13.6 Å². The van der Waals surface area contributed by atoms with Gasteiger partial charge in [0, 0.05) is 5.56 Å². The summed E-state index contributed by atoms with van der Waals surface area (Å²) in [6.45, 7) is 0. The van der Waals surface area contributed by atoms with E-state index >= 15 is 0 Å². The summed E-state index contributed by atoms with van der Waals surface area (Å²) >= 11 is 0. The van der Waals surface area contributed by atoms with Crippen LogP contribution < -0.4 is 5.73 Å². The highest BCUT2D eigenvalue weighted by Crippen LogP contribution is 2.23. The van der Waals surface area contributed by atoms with E-state index in [1.807, 2.05) is 0 Å². The molecule has 0 saturated heterocycles. The Hall–Kier alpha value is -1.49. The maximum Gasteiger partial charge on any atom is 0.320 e. The van der Waals surface area contributed by atoms with Gasteiger partial charge < -0.3 is 10.8 Å². The number of nitrogens with two attached hydrogens (primary N) is 1. The summed E-state index contributed by atoms with van der Waals surface area (Å²) in [4.78, 5) is 10.5. The molecule has 0 aliphatic carbocycles. The first-order valence-corrected chi connectivity index (χ1v) is 4.36. The Morgan fingerprint density at radius 3 is 2.53 bits per heavy atom. The number of halogens is 2. The van der Waals surface area contributed by atoms with Crippen LogP contribution >= 0.6 is 0 Å². The van der Waals surface area contributed by atoms with Crippen LogP contribution in [0.1, 0.15) is 17.6 Å². The van der Waals surface area contributed by atoms with E-state index in [1.54, 1.807) is 6.07 Å². The van der Waals surface area contributed by atoms with Crippen molar-refractivity contribution in [2.45, 2.75) is 18.9 Å². The quantitative estimate of drug-likeness (QED) is 0.801. The van der Waals surface area contributed by atoms with Gasteiger partial charge in [0.05, 0.1) is 0 Å². The molecule has 0 aliphatic heterocycles. The fourth-order valence-electron chi connectivity index (χ4n) is 1.26. The molecule has 0 unspecified atom stereocenters. The third-order valence-electron chi connectivity index (χ3n) is 2.05. The van der Waals surface area contributed by atoms with Crippen LogP contribution in [0.25, 0.3) is 0 Å². The van der Waals surface area contributed by atoms with E-state index in [-0.39, 0.29) is 17.5 Å². The number of carboxylic acid groups (broad SMARTS) is 1. The average Bonchev–Trinajstić information content (AvgIpc) is 2.18. The van der Waals surface area contributed by atoms with Gasteiger partial charge in [0.25, 0.3) is 6.43 Å². The first kappa shape index (κ1) is 11.6. The van der Waals surface area contributed by atoms with Gasteiger partial charge in [-0.25, -0.2) is 8.78 Å². The Bertz CT molecular complexity index is 355. The van der Waals surface area contributed by atoms with Crippen molar-refractivity contribution in [3.63, 3.8) is 0 Å². The lowest BCUT2D eigenvalue weighted by Crippen LogP contribution is -2.32. The normalized spacial score (nSPS) is 12.8. The molecule has 0 aromatic heterocycles. The summed E-state index contributed by atoms with van der Waals surface area (Å²) in [7, 11) is 0. The Kier molecular flexibility index (Phi) is 3.74. The molecule has 1 rings (SSSR count). The summed E-state index contributed by atoms with van der Waals surface area (Å²) in [5.41, 5.74) is 5.39. The van der Waals surface area contributed by atoms with E-state index < -0.39 is 18.4 Å². The van der Waals surface area contributed by atoms with Crippen molar-refractivity contribution in [2.24, 2.45) is 5.73 Å². The summed E-state index contributed by atoms with van der Waals surface area (Å²) < 4.78 is 25.0. The molecule has 3 N–H and O–H groups in total. The number of aliphatic carboxylic acids is 1. The van der Waals surface area contributed by atoms with Crippen molar-refractivity contribution >= 4 is 5.97 Å². The minimum absolute atomic E-state index is 0.0875. The molecule has 1 aromatic rings. The average molecular weight is 215 g/mol. The van der Waals surface area contributed by atoms with Crippen LogP contribution in [0.3, 0.4) is 0 Å². The zero-order valence-electron chi connectivity index (χ0n) is 7.86. The molecule has 0 fully saturated rings. The zero-order chi connectivity index (χ0) is 11.4. The molecule has 0 aliphatic rings. The second-order valence-corrected chi connectivity index (χ2v) is 3.15. The molecular weight excluding hydrogens is 204 g/mol. The predicted octanol–water partition coefficient (Wildman–Crippen LogP) is 1.58. The number of rotatable bonds is 4. The maximum absolute atomic E-state index is 12.5.